The Hall–Kier alpha value is -3.01. The molecule has 0 radical (unpaired) electrons. The largest absolute Gasteiger partial charge is 0.451 e. The molecule has 0 N–H and O–H groups in total. The molecule has 0 saturated carbocycles. The van der Waals surface area contributed by atoms with Gasteiger partial charge < -0.3 is 4.74 Å². The van der Waals surface area contributed by atoms with E-state index in [2.05, 4.69) is 0 Å². The van der Waals surface area contributed by atoms with E-state index < -0.39 is 12.1 Å². The number of rotatable bonds is 4. The third kappa shape index (κ3) is 3.42. The average Bonchev–Trinajstić information content (AvgIpc) is 2.71. The van der Waals surface area contributed by atoms with E-state index in [9.17, 15) is 9.59 Å². The van der Waals surface area contributed by atoms with Crippen LogP contribution in [-0.2, 0) is 17.6 Å². The standard InChI is InChI=1S/C24H23NO3/c1-15-11-13-17(14-12-15)23(26)16(2)28-24(27)22-18-7-3-5-9-20(18)25-21-10-6-4-8-19(21)22/h3,5,7,9,11-14,16H,4,6,8,10H2,1-2H3/t16-/m0/s1. The van der Waals surface area contributed by atoms with Crippen molar-refractivity contribution in [2.45, 2.75) is 45.6 Å². The lowest BCUT2D eigenvalue weighted by atomic mass is 9.90. The van der Waals surface area contributed by atoms with Gasteiger partial charge >= 0.3 is 5.97 Å². The average molecular weight is 373 g/mol. The number of pyridine rings is 1. The number of Topliss-reactive ketones (excluding diaryl/α,β-unsaturated/α-hetero) is 1. The molecule has 0 aliphatic heterocycles. The van der Waals surface area contributed by atoms with E-state index in [4.69, 9.17) is 9.72 Å². The smallest absolute Gasteiger partial charge is 0.339 e. The molecule has 0 bridgehead atoms. The molecule has 1 aliphatic carbocycles. The number of para-hydroxylation sites is 1. The Labute approximate surface area is 164 Å². The molecule has 142 valence electrons. The number of hydrogen-bond acceptors (Lipinski definition) is 4. The highest BCUT2D eigenvalue weighted by molar-refractivity contribution is 6.07. The maximum Gasteiger partial charge on any atom is 0.339 e. The number of aryl methyl sites for hydroxylation is 2. The van der Waals surface area contributed by atoms with Crippen molar-refractivity contribution in [3.05, 3.63) is 76.5 Å². The minimum absolute atomic E-state index is 0.194. The van der Waals surface area contributed by atoms with Gasteiger partial charge in [-0.25, -0.2) is 4.79 Å². The second-order valence-electron chi connectivity index (χ2n) is 7.41. The molecule has 0 amide bonds. The first-order chi connectivity index (χ1) is 13.5. The second kappa shape index (κ2) is 7.55. The number of benzene rings is 2. The molecule has 0 spiro atoms. The van der Waals surface area contributed by atoms with Crippen LogP contribution in [0.25, 0.3) is 10.9 Å². The number of nitrogens with zero attached hydrogens (tertiary/aromatic N) is 1. The molecule has 1 aromatic heterocycles. The number of ether oxygens (including phenoxy) is 1. The van der Waals surface area contributed by atoms with Crippen molar-refractivity contribution in [3.63, 3.8) is 0 Å². The quantitative estimate of drug-likeness (QED) is 0.484. The van der Waals surface area contributed by atoms with E-state index in [1.54, 1.807) is 19.1 Å². The van der Waals surface area contributed by atoms with E-state index >= 15 is 0 Å². The zero-order valence-electron chi connectivity index (χ0n) is 16.2. The van der Waals surface area contributed by atoms with Crippen LogP contribution in [-0.4, -0.2) is 22.8 Å². The van der Waals surface area contributed by atoms with Crippen molar-refractivity contribution in [2.75, 3.05) is 0 Å². The summed E-state index contributed by atoms with van der Waals surface area (Å²) < 4.78 is 5.64. The number of carbonyl (C=O) groups is 2. The Bertz CT molecular complexity index is 1050. The topological polar surface area (TPSA) is 56.3 Å². The summed E-state index contributed by atoms with van der Waals surface area (Å²) in [5.41, 5.74) is 4.96. The number of esters is 1. The van der Waals surface area contributed by atoms with Crippen LogP contribution < -0.4 is 0 Å². The summed E-state index contributed by atoms with van der Waals surface area (Å²) in [5.74, 6) is -0.634. The normalized spacial score (nSPS) is 14.4. The number of hydrogen-bond donors (Lipinski definition) is 0. The summed E-state index contributed by atoms with van der Waals surface area (Å²) in [6.07, 6.45) is 2.96. The molecule has 1 aliphatic rings. The molecule has 4 nitrogen and oxygen atoms in total. The van der Waals surface area contributed by atoms with Crippen LogP contribution >= 0.6 is 0 Å². The van der Waals surface area contributed by atoms with Gasteiger partial charge in [-0.05, 0) is 51.2 Å². The first-order valence-corrected chi connectivity index (χ1v) is 9.77. The van der Waals surface area contributed by atoms with Gasteiger partial charge in [0.1, 0.15) is 0 Å². The molecule has 1 atom stereocenters. The van der Waals surface area contributed by atoms with Crippen molar-refractivity contribution >= 4 is 22.7 Å². The van der Waals surface area contributed by atoms with Crippen molar-refractivity contribution in [1.82, 2.24) is 4.98 Å². The van der Waals surface area contributed by atoms with Crippen LogP contribution in [0.1, 0.15) is 57.3 Å². The summed E-state index contributed by atoms with van der Waals surface area (Å²) >= 11 is 0. The Morgan fingerprint density at radius 1 is 1.00 bits per heavy atom. The van der Waals surface area contributed by atoms with Crippen molar-refractivity contribution in [1.29, 1.82) is 0 Å². The summed E-state index contributed by atoms with van der Waals surface area (Å²) in [5, 5.41) is 0.795. The lowest BCUT2D eigenvalue weighted by Gasteiger charge is -2.21. The summed E-state index contributed by atoms with van der Waals surface area (Å²) in [7, 11) is 0. The predicted molar refractivity (Wildman–Crippen MR) is 109 cm³/mol. The zero-order chi connectivity index (χ0) is 19.7. The first-order valence-electron chi connectivity index (χ1n) is 9.77. The molecule has 4 rings (SSSR count). The highest BCUT2D eigenvalue weighted by atomic mass is 16.5. The molecular formula is C24H23NO3. The molecule has 4 heteroatoms. The van der Waals surface area contributed by atoms with Gasteiger partial charge in [-0.2, -0.15) is 0 Å². The molecule has 3 aromatic rings. The Morgan fingerprint density at radius 2 is 1.71 bits per heavy atom. The van der Waals surface area contributed by atoms with Gasteiger partial charge in [-0.3, -0.25) is 9.78 Å². The Morgan fingerprint density at radius 3 is 2.50 bits per heavy atom. The van der Waals surface area contributed by atoms with E-state index in [-0.39, 0.29) is 5.78 Å². The molecule has 1 heterocycles. The molecule has 0 saturated heterocycles. The lowest BCUT2D eigenvalue weighted by Crippen LogP contribution is -2.26. The number of carbonyl (C=O) groups excluding carboxylic acids is 2. The van der Waals surface area contributed by atoms with Gasteiger partial charge in [0.05, 0.1) is 11.1 Å². The van der Waals surface area contributed by atoms with E-state index in [1.807, 2.05) is 43.3 Å². The first kappa shape index (κ1) is 18.4. The van der Waals surface area contributed by atoms with Crippen molar-refractivity contribution < 1.29 is 14.3 Å². The fourth-order valence-electron chi connectivity index (χ4n) is 3.83. The number of fused-ring (bicyclic) bond motifs is 2. The third-order valence-electron chi connectivity index (χ3n) is 5.36. The van der Waals surface area contributed by atoms with Gasteiger partial charge in [0.25, 0.3) is 0 Å². The Kier molecular flexibility index (Phi) is 4.95. The van der Waals surface area contributed by atoms with Crippen LogP contribution in [0.4, 0.5) is 0 Å². The summed E-state index contributed by atoms with van der Waals surface area (Å²) in [4.78, 5) is 30.6. The van der Waals surface area contributed by atoms with Crippen molar-refractivity contribution in [2.24, 2.45) is 0 Å². The second-order valence-corrected chi connectivity index (χ2v) is 7.41. The van der Waals surface area contributed by atoms with E-state index in [0.717, 1.165) is 53.4 Å². The third-order valence-corrected chi connectivity index (χ3v) is 5.36. The SMILES string of the molecule is Cc1ccc(C(=O)[C@H](C)OC(=O)c2c3c(nc4ccccc24)CCCC3)cc1. The zero-order valence-corrected chi connectivity index (χ0v) is 16.2. The fourth-order valence-corrected chi connectivity index (χ4v) is 3.83. The summed E-state index contributed by atoms with van der Waals surface area (Å²) in [6, 6.07) is 14.9. The summed E-state index contributed by atoms with van der Waals surface area (Å²) in [6.45, 7) is 3.60. The molecule has 2 aromatic carbocycles. The highest BCUT2D eigenvalue weighted by Crippen LogP contribution is 2.30. The molecule has 28 heavy (non-hydrogen) atoms. The predicted octanol–water partition coefficient (Wildman–Crippen LogP) is 4.85. The van der Waals surface area contributed by atoms with Gasteiger partial charge in [0, 0.05) is 16.6 Å². The van der Waals surface area contributed by atoms with Crippen LogP contribution in [0.3, 0.4) is 0 Å². The maximum absolute atomic E-state index is 13.1. The maximum atomic E-state index is 13.1. The van der Waals surface area contributed by atoms with E-state index in [1.165, 1.54) is 0 Å². The fraction of sp³-hybridized carbons (Fsp3) is 0.292. The Balaban J connectivity index is 1.67. The van der Waals surface area contributed by atoms with Crippen LogP contribution in [0.5, 0.6) is 0 Å². The van der Waals surface area contributed by atoms with E-state index in [0.29, 0.717) is 11.1 Å². The molecular weight excluding hydrogens is 350 g/mol. The lowest BCUT2D eigenvalue weighted by molar-refractivity contribution is 0.0319. The van der Waals surface area contributed by atoms with Gasteiger partial charge in [0.15, 0.2) is 6.10 Å². The molecule has 0 fully saturated rings. The van der Waals surface area contributed by atoms with Crippen LogP contribution in [0, 0.1) is 6.92 Å². The van der Waals surface area contributed by atoms with Gasteiger partial charge in [-0.15, -0.1) is 0 Å². The number of aromatic nitrogens is 1. The van der Waals surface area contributed by atoms with Crippen molar-refractivity contribution in [3.8, 4) is 0 Å². The minimum atomic E-state index is -0.846. The number of ketones is 1. The molecule has 0 unspecified atom stereocenters. The highest BCUT2D eigenvalue weighted by Gasteiger charge is 2.26. The van der Waals surface area contributed by atoms with Gasteiger partial charge in [-0.1, -0.05) is 48.0 Å². The van der Waals surface area contributed by atoms with Crippen LogP contribution in [0.15, 0.2) is 48.5 Å². The minimum Gasteiger partial charge on any atom is -0.451 e. The van der Waals surface area contributed by atoms with Crippen LogP contribution in [0.2, 0.25) is 0 Å². The van der Waals surface area contributed by atoms with Gasteiger partial charge in [0.2, 0.25) is 5.78 Å². The monoisotopic (exact) mass is 373 g/mol.